The molecule has 0 rings (SSSR count). The Kier molecular flexibility index (Phi) is 4.69. The molecule has 0 atom stereocenters. The van der Waals surface area contributed by atoms with Crippen LogP contribution < -0.4 is 5.32 Å². The molecule has 1 N–H and O–H groups in total. The van der Waals surface area contributed by atoms with Crippen LogP contribution in [-0.4, -0.2) is 7.05 Å². The average Bonchev–Trinajstić information content (AvgIpc) is 2.02. The van der Waals surface area contributed by atoms with Gasteiger partial charge in [0.25, 0.3) is 0 Å². The first-order valence-corrected chi connectivity index (χ1v) is 5.01. The van der Waals surface area contributed by atoms with Gasteiger partial charge in [-0.2, -0.15) is 0 Å². The molecule has 0 radical (unpaired) electrons. The summed E-state index contributed by atoms with van der Waals surface area (Å²) in [6, 6.07) is 0. The second kappa shape index (κ2) is 5.04. The van der Waals surface area contributed by atoms with Gasteiger partial charge in [-0.15, -0.1) is 0 Å². The van der Waals surface area contributed by atoms with E-state index in [-0.39, 0.29) is 5.41 Å². The minimum Gasteiger partial charge on any atom is -0.394 e. The largest absolute Gasteiger partial charge is 0.394 e. The van der Waals surface area contributed by atoms with Crippen LogP contribution in [0.2, 0.25) is 0 Å². The maximum atomic E-state index is 4.04. The molecule has 0 aliphatic rings. The molecule has 0 heterocycles. The average molecular weight is 193 g/mol. The summed E-state index contributed by atoms with van der Waals surface area (Å²) >= 11 is 0. The van der Waals surface area contributed by atoms with Crippen molar-refractivity contribution in [2.75, 3.05) is 7.05 Å². The highest BCUT2D eigenvalue weighted by molar-refractivity contribution is 5.38. The summed E-state index contributed by atoms with van der Waals surface area (Å²) in [5, 5.41) is 3.01. The molecule has 0 amide bonds. The number of rotatable bonds is 3. The van der Waals surface area contributed by atoms with Crippen molar-refractivity contribution in [3.63, 3.8) is 0 Å². The van der Waals surface area contributed by atoms with Crippen LogP contribution in [0.25, 0.3) is 0 Å². The molecule has 0 saturated heterocycles. The van der Waals surface area contributed by atoms with E-state index in [0.29, 0.717) is 0 Å². The van der Waals surface area contributed by atoms with Gasteiger partial charge in [0, 0.05) is 7.05 Å². The standard InChI is InChI=1S/C13H23N/c1-10(11(2)9-14-7)8-12(3)13(4,5)6/h8-9,14H,1H2,2-7H3/b11-9+,12-8+. The van der Waals surface area contributed by atoms with Crippen molar-refractivity contribution in [1.82, 2.24) is 5.32 Å². The number of allylic oxidation sites excluding steroid dienone is 4. The lowest BCUT2D eigenvalue weighted by atomic mass is 9.86. The van der Waals surface area contributed by atoms with E-state index < -0.39 is 0 Å². The third-order valence-corrected chi connectivity index (χ3v) is 2.44. The molecule has 80 valence electrons. The van der Waals surface area contributed by atoms with Crippen molar-refractivity contribution in [3.8, 4) is 0 Å². The zero-order valence-corrected chi connectivity index (χ0v) is 10.4. The highest BCUT2D eigenvalue weighted by Gasteiger charge is 2.12. The summed E-state index contributed by atoms with van der Waals surface area (Å²) in [5.74, 6) is 0. The Morgan fingerprint density at radius 2 is 1.71 bits per heavy atom. The number of hydrogen-bond donors (Lipinski definition) is 1. The van der Waals surface area contributed by atoms with E-state index in [1.165, 1.54) is 11.1 Å². The summed E-state index contributed by atoms with van der Waals surface area (Å²) < 4.78 is 0. The predicted molar refractivity (Wildman–Crippen MR) is 65.2 cm³/mol. The fraction of sp³-hybridized carbons (Fsp3) is 0.538. The van der Waals surface area contributed by atoms with Gasteiger partial charge < -0.3 is 5.32 Å². The van der Waals surface area contributed by atoms with E-state index >= 15 is 0 Å². The Bertz CT molecular complexity index is 261. The highest BCUT2D eigenvalue weighted by Crippen LogP contribution is 2.26. The third kappa shape index (κ3) is 4.31. The molecule has 0 spiro atoms. The molecular weight excluding hydrogens is 170 g/mol. The van der Waals surface area contributed by atoms with E-state index in [1.807, 2.05) is 13.2 Å². The normalized spacial score (nSPS) is 14.1. The maximum absolute atomic E-state index is 4.04. The van der Waals surface area contributed by atoms with Crippen LogP contribution in [-0.2, 0) is 0 Å². The monoisotopic (exact) mass is 193 g/mol. The van der Waals surface area contributed by atoms with Gasteiger partial charge in [-0.25, -0.2) is 0 Å². The highest BCUT2D eigenvalue weighted by atomic mass is 14.8. The fourth-order valence-electron chi connectivity index (χ4n) is 0.901. The fourth-order valence-corrected chi connectivity index (χ4v) is 0.901. The molecule has 0 aliphatic heterocycles. The van der Waals surface area contributed by atoms with Crippen molar-refractivity contribution >= 4 is 0 Å². The maximum Gasteiger partial charge on any atom is 0.00278 e. The minimum absolute atomic E-state index is 0.225. The van der Waals surface area contributed by atoms with E-state index in [9.17, 15) is 0 Å². The van der Waals surface area contributed by atoms with Gasteiger partial charge in [-0.05, 0) is 36.6 Å². The van der Waals surface area contributed by atoms with Crippen LogP contribution in [0.1, 0.15) is 34.6 Å². The van der Waals surface area contributed by atoms with Gasteiger partial charge in [-0.3, -0.25) is 0 Å². The van der Waals surface area contributed by atoms with Crippen molar-refractivity contribution in [2.24, 2.45) is 5.41 Å². The zero-order chi connectivity index (χ0) is 11.4. The van der Waals surface area contributed by atoms with Gasteiger partial charge in [0.2, 0.25) is 0 Å². The zero-order valence-electron chi connectivity index (χ0n) is 10.4. The van der Waals surface area contributed by atoms with E-state index in [1.54, 1.807) is 0 Å². The summed E-state index contributed by atoms with van der Waals surface area (Å²) in [5.41, 5.74) is 3.83. The first-order chi connectivity index (χ1) is 6.29. The SMILES string of the molecule is C=C(/C=C(\C)C(C)(C)C)/C(C)=C/NC. The Balaban J connectivity index is 4.69. The molecule has 0 unspecified atom stereocenters. The first kappa shape index (κ1) is 13.0. The Morgan fingerprint density at radius 3 is 2.07 bits per heavy atom. The topological polar surface area (TPSA) is 12.0 Å². The van der Waals surface area contributed by atoms with E-state index in [0.717, 1.165) is 5.57 Å². The second-order valence-electron chi connectivity index (χ2n) is 4.72. The van der Waals surface area contributed by atoms with Crippen LogP contribution in [0.15, 0.2) is 35.6 Å². The Labute approximate surface area is 88.6 Å². The molecule has 0 aromatic carbocycles. The first-order valence-electron chi connectivity index (χ1n) is 5.01. The third-order valence-electron chi connectivity index (χ3n) is 2.44. The predicted octanol–water partition coefficient (Wildman–Crippen LogP) is 3.66. The quantitative estimate of drug-likeness (QED) is 0.674. The van der Waals surface area contributed by atoms with Crippen LogP contribution in [0.5, 0.6) is 0 Å². The summed E-state index contributed by atoms with van der Waals surface area (Å²) in [7, 11) is 1.90. The molecule has 14 heavy (non-hydrogen) atoms. The Hall–Kier alpha value is -0.980. The molecule has 0 bridgehead atoms. The van der Waals surface area contributed by atoms with Crippen molar-refractivity contribution < 1.29 is 0 Å². The molecule has 1 nitrogen and oxygen atoms in total. The van der Waals surface area contributed by atoms with Crippen LogP contribution >= 0.6 is 0 Å². The van der Waals surface area contributed by atoms with Gasteiger partial charge in [0.15, 0.2) is 0 Å². The van der Waals surface area contributed by atoms with E-state index in [2.05, 4.69) is 52.6 Å². The molecule has 0 aromatic heterocycles. The molecule has 0 fully saturated rings. The second-order valence-corrected chi connectivity index (χ2v) is 4.72. The lowest BCUT2D eigenvalue weighted by Gasteiger charge is -2.20. The lowest BCUT2D eigenvalue weighted by molar-refractivity contribution is 0.504. The number of nitrogens with one attached hydrogen (secondary N) is 1. The minimum atomic E-state index is 0.225. The van der Waals surface area contributed by atoms with Crippen LogP contribution in [0.4, 0.5) is 0 Å². The molecular formula is C13H23N. The van der Waals surface area contributed by atoms with Gasteiger partial charge in [0.05, 0.1) is 0 Å². The molecule has 0 saturated carbocycles. The van der Waals surface area contributed by atoms with E-state index in [4.69, 9.17) is 0 Å². The van der Waals surface area contributed by atoms with Gasteiger partial charge in [-0.1, -0.05) is 39.0 Å². The summed E-state index contributed by atoms with van der Waals surface area (Å²) in [6.45, 7) is 14.9. The van der Waals surface area contributed by atoms with Crippen molar-refractivity contribution in [3.05, 3.63) is 35.6 Å². The Morgan fingerprint density at radius 1 is 1.21 bits per heavy atom. The molecule has 0 aromatic rings. The molecule has 0 aliphatic carbocycles. The van der Waals surface area contributed by atoms with Crippen LogP contribution in [0.3, 0.4) is 0 Å². The van der Waals surface area contributed by atoms with Gasteiger partial charge >= 0.3 is 0 Å². The lowest BCUT2D eigenvalue weighted by Crippen LogP contribution is -2.06. The van der Waals surface area contributed by atoms with Crippen LogP contribution in [0, 0.1) is 5.41 Å². The van der Waals surface area contributed by atoms with Crippen molar-refractivity contribution in [1.29, 1.82) is 0 Å². The van der Waals surface area contributed by atoms with Gasteiger partial charge in [0.1, 0.15) is 0 Å². The summed E-state index contributed by atoms with van der Waals surface area (Å²) in [6.07, 6.45) is 4.12. The number of hydrogen-bond acceptors (Lipinski definition) is 1. The smallest absolute Gasteiger partial charge is 0.00278 e. The summed E-state index contributed by atoms with van der Waals surface area (Å²) in [4.78, 5) is 0. The molecule has 1 heteroatoms. The van der Waals surface area contributed by atoms with Crippen molar-refractivity contribution in [2.45, 2.75) is 34.6 Å².